The third kappa shape index (κ3) is 4.93. The third-order valence-corrected chi connectivity index (χ3v) is 7.72. The highest BCUT2D eigenvalue weighted by Gasteiger charge is 2.36. The van der Waals surface area contributed by atoms with Crippen LogP contribution in [-0.2, 0) is 27.3 Å². The molecule has 0 atom stereocenters. The lowest BCUT2D eigenvalue weighted by Crippen LogP contribution is -2.31. The van der Waals surface area contributed by atoms with Crippen molar-refractivity contribution in [2.75, 3.05) is 4.72 Å². The summed E-state index contributed by atoms with van der Waals surface area (Å²) in [6.07, 6.45) is 8.11. The molecule has 1 saturated carbocycles. The molecule has 0 spiro atoms. The van der Waals surface area contributed by atoms with E-state index < -0.39 is 16.0 Å². The van der Waals surface area contributed by atoms with Crippen molar-refractivity contribution < 1.29 is 18.3 Å². The molecule has 2 aromatic heterocycles. The minimum absolute atomic E-state index is 0.0415. The van der Waals surface area contributed by atoms with Gasteiger partial charge in [-0.3, -0.25) is 14.5 Å². The highest BCUT2D eigenvalue weighted by atomic mass is 32.2. The molecule has 0 saturated heterocycles. The number of aliphatic carboxylic acids is 1. The predicted molar refractivity (Wildman–Crippen MR) is 125 cm³/mol. The number of pyridine rings is 1. The summed E-state index contributed by atoms with van der Waals surface area (Å²) < 4.78 is 29.3. The quantitative estimate of drug-likeness (QED) is 0.535. The summed E-state index contributed by atoms with van der Waals surface area (Å²) in [5, 5.41) is 9.41. The maximum Gasteiger partial charge on any atom is 0.304 e. The summed E-state index contributed by atoms with van der Waals surface area (Å²) in [5.41, 5.74) is 2.69. The zero-order chi connectivity index (χ0) is 23.6. The van der Waals surface area contributed by atoms with E-state index in [1.54, 1.807) is 30.7 Å². The zero-order valence-electron chi connectivity index (χ0n) is 18.8. The van der Waals surface area contributed by atoms with Crippen molar-refractivity contribution in [3.63, 3.8) is 0 Å². The second-order valence-corrected chi connectivity index (χ2v) is 10.4. The van der Waals surface area contributed by atoms with E-state index in [4.69, 9.17) is 0 Å². The van der Waals surface area contributed by atoms with Gasteiger partial charge in [0.05, 0.1) is 24.0 Å². The van der Waals surface area contributed by atoms with Crippen molar-refractivity contribution in [1.29, 1.82) is 0 Å². The van der Waals surface area contributed by atoms with Gasteiger partial charge in [-0.15, -0.1) is 0 Å². The average Bonchev–Trinajstić information content (AvgIpc) is 3.14. The number of rotatable bonds is 7. The minimum Gasteiger partial charge on any atom is -0.481 e. The first-order chi connectivity index (χ1) is 15.7. The van der Waals surface area contributed by atoms with Crippen LogP contribution in [0.2, 0.25) is 0 Å². The van der Waals surface area contributed by atoms with Crippen molar-refractivity contribution >= 4 is 21.7 Å². The van der Waals surface area contributed by atoms with Gasteiger partial charge in [0.2, 0.25) is 0 Å². The smallest absolute Gasteiger partial charge is 0.304 e. The van der Waals surface area contributed by atoms with Gasteiger partial charge in [-0.25, -0.2) is 4.98 Å². The summed E-state index contributed by atoms with van der Waals surface area (Å²) in [6.45, 7) is 1.73. The van der Waals surface area contributed by atoms with Crippen LogP contribution >= 0.6 is 0 Å². The lowest BCUT2D eigenvalue weighted by molar-refractivity contribution is -0.138. The molecule has 174 valence electrons. The van der Waals surface area contributed by atoms with E-state index in [-0.39, 0.29) is 16.9 Å². The highest BCUT2D eigenvalue weighted by Crippen LogP contribution is 2.42. The summed E-state index contributed by atoms with van der Waals surface area (Å²) in [6, 6.07) is 11.3. The van der Waals surface area contributed by atoms with Gasteiger partial charge in [0, 0.05) is 24.2 Å². The number of nitrogens with zero attached hydrogens (tertiary/aromatic N) is 3. The number of imidazole rings is 1. The Morgan fingerprint density at radius 3 is 2.36 bits per heavy atom. The topological polar surface area (TPSA) is 114 Å². The van der Waals surface area contributed by atoms with Crippen LogP contribution in [0.5, 0.6) is 0 Å². The van der Waals surface area contributed by atoms with Gasteiger partial charge in [0.15, 0.2) is 5.03 Å². The molecule has 1 fully saturated rings. The van der Waals surface area contributed by atoms with E-state index >= 15 is 0 Å². The summed E-state index contributed by atoms with van der Waals surface area (Å²) >= 11 is 0. The molecule has 1 aromatic carbocycles. The monoisotopic (exact) mass is 468 g/mol. The largest absolute Gasteiger partial charge is 0.481 e. The van der Waals surface area contributed by atoms with Crippen LogP contribution in [-0.4, -0.2) is 34.0 Å². The Morgan fingerprint density at radius 2 is 1.82 bits per heavy atom. The number of carboxylic acids is 1. The fourth-order valence-electron chi connectivity index (χ4n) is 4.57. The second-order valence-electron chi connectivity index (χ2n) is 8.76. The molecule has 0 bridgehead atoms. The van der Waals surface area contributed by atoms with Crippen molar-refractivity contribution in [2.45, 2.75) is 55.9 Å². The van der Waals surface area contributed by atoms with E-state index in [9.17, 15) is 18.3 Å². The fourth-order valence-corrected chi connectivity index (χ4v) is 5.65. The van der Waals surface area contributed by atoms with Crippen LogP contribution in [0.4, 0.5) is 5.69 Å². The Labute approximate surface area is 193 Å². The Hall–Kier alpha value is -3.20. The first kappa shape index (κ1) is 23.0. The van der Waals surface area contributed by atoms with Crippen LogP contribution in [0.25, 0.3) is 11.3 Å². The maximum absolute atomic E-state index is 12.6. The molecule has 1 aliphatic rings. The molecule has 2 heterocycles. The molecular weight excluding hydrogens is 440 g/mol. The number of aryl methyl sites for hydroxylation is 2. The number of sulfonamides is 1. The fraction of sp³-hybridized carbons (Fsp3) is 0.375. The van der Waals surface area contributed by atoms with Crippen LogP contribution in [0.3, 0.4) is 0 Å². The Kier molecular flexibility index (Phi) is 6.25. The third-order valence-electron chi connectivity index (χ3n) is 6.47. The van der Waals surface area contributed by atoms with Crippen LogP contribution in [0.15, 0.2) is 53.8 Å². The van der Waals surface area contributed by atoms with E-state index in [0.717, 1.165) is 43.2 Å². The maximum atomic E-state index is 12.6. The number of anilines is 1. The van der Waals surface area contributed by atoms with E-state index in [1.807, 2.05) is 24.3 Å². The molecule has 1 aliphatic carbocycles. The molecule has 9 heteroatoms. The van der Waals surface area contributed by atoms with Crippen molar-refractivity contribution in [3.8, 4) is 11.3 Å². The molecule has 33 heavy (non-hydrogen) atoms. The zero-order valence-corrected chi connectivity index (χ0v) is 19.6. The second kappa shape index (κ2) is 8.97. The molecule has 8 nitrogen and oxygen atoms in total. The highest BCUT2D eigenvalue weighted by molar-refractivity contribution is 7.92. The van der Waals surface area contributed by atoms with Crippen LogP contribution in [0, 0.1) is 6.92 Å². The number of hydrogen-bond acceptors (Lipinski definition) is 5. The molecule has 0 aliphatic heterocycles. The number of carboxylic acid groups (broad SMARTS) is 1. The van der Waals surface area contributed by atoms with E-state index in [1.165, 1.54) is 12.4 Å². The van der Waals surface area contributed by atoms with E-state index in [2.05, 4.69) is 14.7 Å². The number of hydrogen-bond donors (Lipinski definition) is 2. The predicted octanol–water partition coefficient (Wildman–Crippen LogP) is 4.27. The van der Waals surface area contributed by atoms with Gasteiger partial charge in [-0.05, 0) is 37.5 Å². The Morgan fingerprint density at radius 1 is 1.12 bits per heavy atom. The summed E-state index contributed by atoms with van der Waals surface area (Å²) in [5.74, 6) is -0.160. The lowest BCUT2D eigenvalue weighted by Gasteiger charge is -2.36. The van der Waals surface area contributed by atoms with Gasteiger partial charge in [-0.1, -0.05) is 43.5 Å². The first-order valence-corrected chi connectivity index (χ1v) is 12.5. The van der Waals surface area contributed by atoms with Crippen LogP contribution < -0.4 is 4.72 Å². The number of carbonyl (C=O) groups is 1. The number of benzene rings is 1. The SMILES string of the molecule is Cc1nc(S(=O)(=O)Nc2ccc(-c3ccc(C4(CC(=O)O)CCCCC4)cc3)nc2)cn1C. The van der Waals surface area contributed by atoms with E-state index in [0.29, 0.717) is 17.2 Å². The normalized spacial score (nSPS) is 15.8. The first-order valence-electron chi connectivity index (χ1n) is 11.0. The van der Waals surface area contributed by atoms with Gasteiger partial charge in [0.25, 0.3) is 10.0 Å². The van der Waals surface area contributed by atoms with Gasteiger partial charge in [0.1, 0.15) is 5.82 Å². The number of nitrogens with one attached hydrogen (secondary N) is 1. The molecule has 2 N–H and O–H groups in total. The van der Waals surface area contributed by atoms with Gasteiger partial charge < -0.3 is 9.67 Å². The van der Waals surface area contributed by atoms with Crippen molar-refractivity contribution in [3.05, 3.63) is 60.2 Å². The average molecular weight is 469 g/mol. The molecular formula is C24H28N4O4S. The molecule has 4 rings (SSSR count). The van der Waals surface area contributed by atoms with Crippen LogP contribution in [0.1, 0.15) is 49.9 Å². The van der Waals surface area contributed by atoms with Gasteiger partial charge >= 0.3 is 5.97 Å². The molecule has 0 radical (unpaired) electrons. The molecule has 3 aromatic rings. The Balaban J connectivity index is 1.51. The minimum atomic E-state index is -3.80. The Bertz CT molecular complexity index is 1220. The standard InChI is InChI=1S/C24H28N4O4S/c1-17-26-22(16-28(17)2)33(31,32)27-20-10-11-21(25-15-20)18-6-8-19(9-7-18)24(14-23(29)30)12-4-3-5-13-24/h6-11,15-16,27H,3-5,12-14H2,1-2H3,(H,29,30). The lowest BCUT2D eigenvalue weighted by atomic mass is 9.67. The summed E-state index contributed by atoms with van der Waals surface area (Å²) in [7, 11) is -2.06. The summed E-state index contributed by atoms with van der Waals surface area (Å²) in [4.78, 5) is 20.0. The van der Waals surface area contributed by atoms with Crippen molar-refractivity contribution in [2.24, 2.45) is 7.05 Å². The van der Waals surface area contributed by atoms with Crippen molar-refractivity contribution in [1.82, 2.24) is 14.5 Å². The van der Waals surface area contributed by atoms with Gasteiger partial charge in [-0.2, -0.15) is 8.42 Å². The molecule has 0 amide bonds. The molecule has 0 unspecified atom stereocenters. The number of aromatic nitrogens is 3.